The van der Waals surface area contributed by atoms with Crippen LogP contribution < -0.4 is 5.73 Å². The van der Waals surface area contributed by atoms with Crippen molar-refractivity contribution < 1.29 is 9.53 Å². The van der Waals surface area contributed by atoms with Gasteiger partial charge in [0.1, 0.15) is 0 Å². The van der Waals surface area contributed by atoms with E-state index in [1.165, 1.54) is 0 Å². The molecule has 1 aromatic rings. The second kappa shape index (κ2) is 5.48. The van der Waals surface area contributed by atoms with E-state index < -0.39 is 0 Å². The topological polar surface area (TPSA) is 83.0 Å². The van der Waals surface area contributed by atoms with Crippen molar-refractivity contribution in [1.82, 2.24) is 15.0 Å². The summed E-state index contributed by atoms with van der Waals surface area (Å²) in [6.07, 6.45) is 2.49. The third kappa shape index (κ3) is 3.07. The average molecular weight is 252 g/mol. The minimum atomic E-state index is -0.353. The van der Waals surface area contributed by atoms with Crippen LogP contribution in [0.5, 0.6) is 0 Å². The summed E-state index contributed by atoms with van der Waals surface area (Å²) in [6.45, 7) is 3.57. The van der Waals surface area contributed by atoms with Crippen molar-refractivity contribution in [2.24, 2.45) is 11.7 Å². The van der Waals surface area contributed by atoms with Crippen LogP contribution in [0.4, 0.5) is 0 Å². The van der Waals surface area contributed by atoms with Gasteiger partial charge in [-0.25, -0.2) is 4.68 Å². The minimum Gasteiger partial charge on any atom is -0.384 e. The van der Waals surface area contributed by atoms with E-state index in [1.54, 1.807) is 7.11 Å². The number of primary amides is 1. The lowest BCUT2D eigenvalue weighted by Gasteiger charge is -2.12. The number of carbonyl (C=O) groups excluding carboxylic acids is 1. The molecule has 100 valence electrons. The quantitative estimate of drug-likeness (QED) is 0.764. The summed E-state index contributed by atoms with van der Waals surface area (Å²) in [4.78, 5) is 11.0. The predicted octanol–water partition coefficient (Wildman–Crippen LogP) is 0.466. The van der Waals surface area contributed by atoms with Gasteiger partial charge in [-0.1, -0.05) is 12.1 Å². The van der Waals surface area contributed by atoms with Crippen LogP contribution in [-0.2, 0) is 22.5 Å². The monoisotopic (exact) mass is 252 g/mol. The average Bonchev–Trinajstić information content (AvgIpc) is 3.04. The molecular weight excluding hydrogens is 232 g/mol. The highest BCUT2D eigenvalue weighted by molar-refractivity contribution is 5.76. The van der Waals surface area contributed by atoms with Crippen molar-refractivity contribution in [2.45, 2.75) is 38.6 Å². The molecule has 2 rings (SSSR count). The Labute approximate surface area is 106 Å². The number of rotatable bonds is 7. The molecule has 0 radical (unpaired) electrons. The van der Waals surface area contributed by atoms with E-state index in [1.807, 2.05) is 4.68 Å². The maximum Gasteiger partial charge on any atom is 0.223 e. The summed E-state index contributed by atoms with van der Waals surface area (Å²) in [5, 5.41) is 8.26. The number of methoxy groups -OCH3 is 1. The Hall–Kier alpha value is -1.43. The van der Waals surface area contributed by atoms with E-state index in [0.29, 0.717) is 18.4 Å². The molecule has 1 aliphatic carbocycles. The smallest absolute Gasteiger partial charge is 0.223 e. The van der Waals surface area contributed by atoms with Gasteiger partial charge in [0.15, 0.2) is 0 Å². The van der Waals surface area contributed by atoms with Gasteiger partial charge < -0.3 is 10.5 Å². The Morgan fingerprint density at radius 1 is 1.61 bits per heavy atom. The van der Waals surface area contributed by atoms with Gasteiger partial charge in [-0.2, -0.15) is 0 Å². The molecule has 6 heteroatoms. The van der Waals surface area contributed by atoms with Crippen LogP contribution in [0.15, 0.2) is 0 Å². The number of hydrogen-bond donors (Lipinski definition) is 1. The summed E-state index contributed by atoms with van der Waals surface area (Å²) in [5.74, 6) is 0.522. The van der Waals surface area contributed by atoms with E-state index in [0.717, 1.165) is 30.8 Å². The van der Waals surface area contributed by atoms with Gasteiger partial charge in [-0.3, -0.25) is 4.79 Å². The van der Waals surface area contributed by atoms with Crippen LogP contribution in [0.2, 0.25) is 0 Å². The Kier molecular flexibility index (Phi) is 3.96. The number of nitrogens with two attached hydrogens (primary N) is 1. The minimum absolute atomic E-state index is 0.185. The zero-order chi connectivity index (χ0) is 13.1. The predicted molar refractivity (Wildman–Crippen MR) is 65.9 cm³/mol. The number of aromatic nitrogens is 3. The first kappa shape index (κ1) is 13.0. The van der Waals surface area contributed by atoms with Crippen molar-refractivity contribution >= 4 is 5.91 Å². The number of hydrogen-bond acceptors (Lipinski definition) is 4. The zero-order valence-electron chi connectivity index (χ0n) is 10.9. The summed E-state index contributed by atoms with van der Waals surface area (Å²) >= 11 is 0. The van der Waals surface area contributed by atoms with Crippen molar-refractivity contribution in [3.63, 3.8) is 0 Å². The molecule has 2 N–H and O–H groups in total. The Morgan fingerprint density at radius 2 is 2.33 bits per heavy atom. The molecular formula is C12H20N4O2. The van der Waals surface area contributed by atoms with E-state index in [2.05, 4.69) is 17.2 Å². The van der Waals surface area contributed by atoms with E-state index in [9.17, 15) is 4.79 Å². The third-order valence-corrected chi connectivity index (χ3v) is 3.09. The number of carbonyl (C=O) groups is 1. The van der Waals surface area contributed by atoms with Crippen LogP contribution in [0.25, 0.3) is 0 Å². The lowest BCUT2D eigenvalue weighted by atomic mass is 10.1. The standard InChI is InChI=1S/C12H20N4O2/c1-8(7-18-2)6-16-12(9-3-4-9)10(14-15-16)5-11(13)17/h8-9H,3-7H2,1-2H3,(H2,13,17). The molecule has 1 amide bonds. The van der Waals surface area contributed by atoms with Gasteiger partial charge in [0, 0.05) is 19.6 Å². The van der Waals surface area contributed by atoms with Crippen molar-refractivity contribution in [3.8, 4) is 0 Å². The Balaban J connectivity index is 2.14. The van der Waals surface area contributed by atoms with E-state index in [-0.39, 0.29) is 12.3 Å². The number of ether oxygens (including phenoxy) is 1. The molecule has 1 atom stereocenters. The summed E-state index contributed by atoms with van der Waals surface area (Å²) in [7, 11) is 1.69. The normalized spacial score (nSPS) is 16.8. The summed E-state index contributed by atoms with van der Waals surface area (Å²) in [6, 6.07) is 0. The molecule has 0 aliphatic heterocycles. The Morgan fingerprint density at radius 3 is 2.89 bits per heavy atom. The molecule has 1 heterocycles. The fourth-order valence-electron chi connectivity index (χ4n) is 2.22. The molecule has 0 spiro atoms. The van der Waals surface area contributed by atoms with E-state index >= 15 is 0 Å². The van der Waals surface area contributed by atoms with E-state index in [4.69, 9.17) is 10.5 Å². The lowest BCUT2D eigenvalue weighted by Crippen LogP contribution is -2.17. The lowest BCUT2D eigenvalue weighted by molar-refractivity contribution is -0.117. The van der Waals surface area contributed by atoms with Crippen LogP contribution in [0.3, 0.4) is 0 Å². The van der Waals surface area contributed by atoms with Gasteiger partial charge in [0.2, 0.25) is 5.91 Å². The van der Waals surface area contributed by atoms with Gasteiger partial charge in [0.25, 0.3) is 0 Å². The maximum absolute atomic E-state index is 11.0. The SMILES string of the molecule is COCC(C)Cn1nnc(CC(N)=O)c1C1CC1. The third-order valence-electron chi connectivity index (χ3n) is 3.09. The van der Waals surface area contributed by atoms with Crippen LogP contribution in [0.1, 0.15) is 37.1 Å². The molecule has 1 fully saturated rings. The summed E-state index contributed by atoms with van der Waals surface area (Å²) in [5.41, 5.74) is 7.08. The van der Waals surface area contributed by atoms with Gasteiger partial charge in [-0.15, -0.1) is 5.10 Å². The number of nitrogens with zero attached hydrogens (tertiary/aromatic N) is 3. The molecule has 18 heavy (non-hydrogen) atoms. The first-order valence-electron chi connectivity index (χ1n) is 6.31. The fraction of sp³-hybridized carbons (Fsp3) is 0.750. The first-order chi connectivity index (χ1) is 8.61. The fourth-order valence-corrected chi connectivity index (χ4v) is 2.22. The summed E-state index contributed by atoms with van der Waals surface area (Å²) < 4.78 is 7.04. The maximum atomic E-state index is 11.0. The van der Waals surface area contributed by atoms with Crippen molar-refractivity contribution in [1.29, 1.82) is 0 Å². The largest absolute Gasteiger partial charge is 0.384 e. The molecule has 6 nitrogen and oxygen atoms in total. The van der Waals surface area contributed by atoms with Crippen molar-refractivity contribution in [2.75, 3.05) is 13.7 Å². The van der Waals surface area contributed by atoms with Gasteiger partial charge >= 0.3 is 0 Å². The molecule has 0 aromatic carbocycles. The van der Waals surface area contributed by atoms with Crippen LogP contribution in [0, 0.1) is 5.92 Å². The zero-order valence-corrected chi connectivity index (χ0v) is 10.9. The first-order valence-corrected chi connectivity index (χ1v) is 6.31. The number of amides is 1. The molecule has 0 saturated heterocycles. The molecule has 0 bridgehead atoms. The molecule has 1 saturated carbocycles. The highest BCUT2D eigenvalue weighted by Crippen LogP contribution is 2.41. The van der Waals surface area contributed by atoms with Gasteiger partial charge in [0.05, 0.1) is 24.4 Å². The highest BCUT2D eigenvalue weighted by Gasteiger charge is 2.31. The van der Waals surface area contributed by atoms with Crippen molar-refractivity contribution in [3.05, 3.63) is 11.4 Å². The molecule has 1 aromatic heterocycles. The van der Waals surface area contributed by atoms with Crippen LogP contribution >= 0.6 is 0 Å². The van der Waals surface area contributed by atoms with Crippen LogP contribution in [-0.4, -0.2) is 34.6 Å². The molecule has 1 aliphatic rings. The Bertz CT molecular complexity index is 426. The second-order valence-corrected chi connectivity index (χ2v) is 5.08. The van der Waals surface area contributed by atoms with Gasteiger partial charge in [-0.05, 0) is 18.8 Å². The second-order valence-electron chi connectivity index (χ2n) is 5.08. The highest BCUT2D eigenvalue weighted by atomic mass is 16.5. The molecule has 1 unspecified atom stereocenters.